The van der Waals surface area contributed by atoms with E-state index in [0.29, 0.717) is 0 Å². The molecule has 0 bridgehead atoms. The zero-order chi connectivity index (χ0) is 11.1. The monoisotopic (exact) mass is 200 g/mol. The number of hydrogen-bond donors (Lipinski definition) is 0. The first kappa shape index (κ1) is 12.3. The quantitative estimate of drug-likeness (QED) is 0.377. The van der Waals surface area contributed by atoms with Gasteiger partial charge in [-0.05, 0) is 19.1 Å². The molecule has 0 saturated heterocycles. The largest absolute Gasteiger partial charge is 0.421 e. The molecule has 0 aliphatic carbocycles. The molecule has 0 aromatic carbocycles. The summed E-state index contributed by atoms with van der Waals surface area (Å²) in [5.41, 5.74) is 0. The van der Waals surface area contributed by atoms with Gasteiger partial charge in [-0.15, -0.1) is 0 Å². The second-order valence-corrected chi connectivity index (χ2v) is 2.56. The minimum atomic E-state index is -1.13. The summed E-state index contributed by atoms with van der Waals surface area (Å²) in [7, 11) is 0. The maximum Gasteiger partial charge on any atom is 0.305 e. The van der Waals surface area contributed by atoms with E-state index in [2.05, 4.69) is 9.47 Å². The van der Waals surface area contributed by atoms with Gasteiger partial charge in [0.1, 0.15) is 0 Å². The molecule has 0 radical (unpaired) electrons. The molecule has 5 nitrogen and oxygen atoms in total. The number of hydrogen-bond acceptors (Lipinski definition) is 5. The molecule has 0 aromatic rings. The number of allylic oxidation sites excluding steroid dienone is 1. The van der Waals surface area contributed by atoms with Crippen LogP contribution in [-0.4, -0.2) is 24.0 Å². The number of esters is 2. The highest BCUT2D eigenvalue weighted by molar-refractivity contribution is 5.87. The Hall–Kier alpha value is -1.65. The van der Waals surface area contributed by atoms with E-state index in [0.717, 1.165) is 6.08 Å². The van der Waals surface area contributed by atoms with Crippen molar-refractivity contribution in [1.82, 2.24) is 0 Å². The minimum Gasteiger partial charge on any atom is -0.421 e. The molecule has 0 aliphatic rings. The van der Waals surface area contributed by atoms with E-state index in [4.69, 9.17) is 0 Å². The Balaban J connectivity index is 4.31. The third kappa shape index (κ3) is 7.02. The molecule has 0 spiro atoms. The van der Waals surface area contributed by atoms with Gasteiger partial charge >= 0.3 is 11.9 Å². The lowest BCUT2D eigenvalue weighted by Crippen LogP contribution is -2.20. The molecule has 78 valence electrons. The van der Waals surface area contributed by atoms with Crippen molar-refractivity contribution in [3.05, 3.63) is 12.2 Å². The average molecular weight is 200 g/mol. The van der Waals surface area contributed by atoms with Crippen molar-refractivity contribution in [3.63, 3.8) is 0 Å². The Morgan fingerprint density at radius 1 is 1.00 bits per heavy atom. The van der Waals surface area contributed by atoms with E-state index in [1.165, 1.54) is 26.8 Å². The molecule has 0 N–H and O–H groups in total. The molecule has 0 rings (SSSR count). The van der Waals surface area contributed by atoms with Crippen molar-refractivity contribution in [2.45, 2.75) is 27.1 Å². The number of rotatable bonds is 4. The number of carbonyl (C=O) groups is 3. The van der Waals surface area contributed by atoms with Crippen LogP contribution in [-0.2, 0) is 23.9 Å². The Kier molecular flexibility index (Phi) is 5.21. The van der Waals surface area contributed by atoms with Gasteiger partial charge < -0.3 is 9.47 Å². The second-order valence-electron chi connectivity index (χ2n) is 2.56. The summed E-state index contributed by atoms with van der Waals surface area (Å²) in [6.07, 6.45) is 1.23. The number of ketones is 1. The summed E-state index contributed by atoms with van der Waals surface area (Å²) in [6, 6.07) is 0. The van der Waals surface area contributed by atoms with Crippen LogP contribution in [0.15, 0.2) is 12.2 Å². The molecular weight excluding hydrogens is 188 g/mol. The molecule has 0 aromatic heterocycles. The molecule has 5 heteroatoms. The van der Waals surface area contributed by atoms with E-state index in [1.807, 2.05) is 0 Å². The highest BCUT2D eigenvalue weighted by atomic mass is 16.7. The standard InChI is InChI=1S/C9H12O5/c1-6(10)4-5-9(13-7(2)11)14-8(3)12/h4-5,9H,1-3H3. The maximum atomic E-state index is 10.6. The zero-order valence-electron chi connectivity index (χ0n) is 8.27. The summed E-state index contributed by atoms with van der Waals surface area (Å²) < 4.78 is 9.18. The Morgan fingerprint density at radius 2 is 1.43 bits per heavy atom. The van der Waals surface area contributed by atoms with Crippen molar-refractivity contribution in [1.29, 1.82) is 0 Å². The highest BCUT2D eigenvalue weighted by Crippen LogP contribution is 1.98. The fourth-order valence-corrected chi connectivity index (χ4v) is 0.644. The van der Waals surface area contributed by atoms with Gasteiger partial charge in [-0.3, -0.25) is 14.4 Å². The van der Waals surface area contributed by atoms with Crippen LogP contribution in [0.2, 0.25) is 0 Å². The predicted octanol–water partition coefficient (Wildman–Crippen LogP) is 0.584. The topological polar surface area (TPSA) is 69.7 Å². The van der Waals surface area contributed by atoms with Crippen LogP contribution in [0.3, 0.4) is 0 Å². The van der Waals surface area contributed by atoms with E-state index in [-0.39, 0.29) is 5.78 Å². The van der Waals surface area contributed by atoms with Gasteiger partial charge in [-0.1, -0.05) is 0 Å². The summed E-state index contributed by atoms with van der Waals surface area (Å²) in [6.45, 7) is 3.69. The van der Waals surface area contributed by atoms with Gasteiger partial charge in [0.15, 0.2) is 5.78 Å². The second kappa shape index (κ2) is 5.90. The van der Waals surface area contributed by atoms with Crippen LogP contribution in [0.25, 0.3) is 0 Å². The molecule has 0 amide bonds. The summed E-state index contributed by atoms with van der Waals surface area (Å²) in [5.74, 6) is -1.41. The summed E-state index contributed by atoms with van der Waals surface area (Å²) in [5, 5.41) is 0. The lowest BCUT2D eigenvalue weighted by molar-refractivity contribution is -0.176. The SMILES string of the molecule is CC(=O)C=CC(OC(C)=O)OC(C)=O. The lowest BCUT2D eigenvalue weighted by atomic mass is 10.4. The van der Waals surface area contributed by atoms with Gasteiger partial charge in [0.05, 0.1) is 0 Å². The van der Waals surface area contributed by atoms with Crippen molar-refractivity contribution in [2.75, 3.05) is 0 Å². The molecule has 14 heavy (non-hydrogen) atoms. The number of carbonyl (C=O) groups excluding carboxylic acids is 3. The number of ether oxygens (including phenoxy) is 2. The third-order valence-electron chi connectivity index (χ3n) is 1.05. The van der Waals surface area contributed by atoms with Crippen molar-refractivity contribution in [3.8, 4) is 0 Å². The summed E-state index contributed by atoms with van der Waals surface area (Å²) >= 11 is 0. The van der Waals surface area contributed by atoms with E-state index in [1.54, 1.807) is 0 Å². The third-order valence-corrected chi connectivity index (χ3v) is 1.05. The van der Waals surface area contributed by atoms with Crippen LogP contribution in [0.4, 0.5) is 0 Å². The molecule has 0 heterocycles. The van der Waals surface area contributed by atoms with Gasteiger partial charge in [0.25, 0.3) is 6.29 Å². The predicted molar refractivity (Wildman–Crippen MR) is 47.1 cm³/mol. The molecule has 0 saturated carbocycles. The van der Waals surface area contributed by atoms with Gasteiger partial charge in [-0.2, -0.15) is 0 Å². The van der Waals surface area contributed by atoms with Crippen LogP contribution in [0, 0.1) is 0 Å². The Morgan fingerprint density at radius 3 is 1.71 bits per heavy atom. The van der Waals surface area contributed by atoms with Crippen LogP contribution >= 0.6 is 0 Å². The van der Waals surface area contributed by atoms with Gasteiger partial charge in [-0.25, -0.2) is 0 Å². The van der Waals surface area contributed by atoms with Gasteiger partial charge in [0.2, 0.25) is 0 Å². The lowest BCUT2D eigenvalue weighted by Gasteiger charge is -2.11. The summed E-state index contributed by atoms with van der Waals surface area (Å²) in [4.78, 5) is 31.6. The van der Waals surface area contributed by atoms with Gasteiger partial charge in [0, 0.05) is 13.8 Å². The zero-order valence-corrected chi connectivity index (χ0v) is 8.27. The first-order valence-corrected chi connectivity index (χ1v) is 3.95. The van der Waals surface area contributed by atoms with Crippen LogP contribution < -0.4 is 0 Å². The van der Waals surface area contributed by atoms with E-state index in [9.17, 15) is 14.4 Å². The van der Waals surface area contributed by atoms with Crippen molar-refractivity contribution < 1.29 is 23.9 Å². The Labute approximate surface area is 81.7 Å². The van der Waals surface area contributed by atoms with E-state index < -0.39 is 18.2 Å². The van der Waals surface area contributed by atoms with Crippen molar-refractivity contribution in [2.24, 2.45) is 0 Å². The van der Waals surface area contributed by atoms with Crippen LogP contribution in [0.5, 0.6) is 0 Å². The molecule has 0 fully saturated rings. The smallest absolute Gasteiger partial charge is 0.305 e. The molecular formula is C9H12O5. The Bertz CT molecular complexity index is 250. The maximum absolute atomic E-state index is 10.6. The fraction of sp³-hybridized carbons (Fsp3) is 0.444. The average Bonchev–Trinajstić information content (AvgIpc) is 1.97. The molecule has 0 unspecified atom stereocenters. The first-order chi connectivity index (χ1) is 6.41. The minimum absolute atomic E-state index is 0.227. The highest BCUT2D eigenvalue weighted by Gasteiger charge is 2.10. The molecule has 0 aliphatic heterocycles. The first-order valence-electron chi connectivity index (χ1n) is 3.95. The van der Waals surface area contributed by atoms with E-state index >= 15 is 0 Å². The fourth-order valence-electron chi connectivity index (χ4n) is 0.644. The normalized spacial score (nSPS) is 10.3. The van der Waals surface area contributed by atoms with Crippen LogP contribution in [0.1, 0.15) is 20.8 Å². The van der Waals surface area contributed by atoms with Crippen molar-refractivity contribution >= 4 is 17.7 Å². The molecule has 0 atom stereocenters.